The van der Waals surface area contributed by atoms with E-state index in [1.807, 2.05) is 0 Å². The van der Waals surface area contributed by atoms with Crippen LogP contribution in [0.4, 0.5) is 0 Å². The quantitative estimate of drug-likeness (QED) is 0.535. The third kappa shape index (κ3) is 0.996. The minimum absolute atomic E-state index is 0.370. The average Bonchev–Trinajstić information content (AvgIpc) is 2.14. The van der Waals surface area contributed by atoms with Gasteiger partial charge in [0.15, 0.2) is 0 Å². The lowest BCUT2D eigenvalue weighted by atomic mass is 10.2. The molecule has 1 heterocycles. The van der Waals surface area contributed by atoms with Crippen molar-refractivity contribution < 1.29 is 4.74 Å². The molecule has 1 nitrogen and oxygen atoms in total. The molecule has 0 aromatic carbocycles. The van der Waals surface area contributed by atoms with E-state index in [1.54, 1.807) is 18.0 Å². The molecule has 2 heteroatoms. The lowest BCUT2D eigenvalue weighted by Gasteiger charge is -2.10. The fraction of sp³-hybridized carbons (Fsp3) is 0.667. The molecule has 1 aliphatic heterocycles. The van der Waals surface area contributed by atoms with E-state index in [-0.39, 0.29) is 0 Å². The summed E-state index contributed by atoms with van der Waals surface area (Å²) >= 11 is 1.76. The molecule has 1 aliphatic rings. The van der Waals surface area contributed by atoms with Gasteiger partial charge in [-0.1, -0.05) is 6.92 Å². The Morgan fingerprint density at radius 3 is 2.62 bits per heavy atom. The van der Waals surface area contributed by atoms with Crippen molar-refractivity contribution in [3.63, 3.8) is 0 Å². The van der Waals surface area contributed by atoms with E-state index < -0.39 is 0 Å². The Kier molecular flexibility index (Phi) is 1.84. The van der Waals surface area contributed by atoms with Crippen LogP contribution in [0, 0.1) is 5.92 Å². The predicted molar refractivity (Wildman–Crippen MR) is 36.7 cm³/mol. The van der Waals surface area contributed by atoms with Crippen LogP contribution in [-0.4, -0.2) is 11.7 Å². The maximum Gasteiger partial charge on any atom is 0.149 e. The minimum Gasteiger partial charge on any atom is -0.487 e. The van der Waals surface area contributed by atoms with Gasteiger partial charge in [0.25, 0.3) is 0 Å². The smallest absolute Gasteiger partial charge is 0.149 e. The Bertz CT molecular complexity index is 101. The molecule has 0 saturated heterocycles. The van der Waals surface area contributed by atoms with Crippen LogP contribution >= 0.6 is 11.8 Å². The highest BCUT2D eigenvalue weighted by molar-refractivity contribution is 7.99. The highest BCUT2D eigenvalue weighted by atomic mass is 32.2. The Balaban J connectivity index is 2.38. The Hall–Kier alpha value is -0.110. The first-order chi connectivity index (χ1) is 3.84. The molecule has 1 rings (SSSR count). The number of ether oxygens (including phenoxy) is 1. The van der Waals surface area contributed by atoms with Gasteiger partial charge < -0.3 is 4.74 Å². The van der Waals surface area contributed by atoms with Crippen LogP contribution in [0.3, 0.4) is 0 Å². The standard InChI is InChI=1S/C6H10OS/c1-5-3-4-7-6(5)8-2/h3-6H,1-2H3. The van der Waals surface area contributed by atoms with Gasteiger partial charge in [-0.05, 0) is 12.3 Å². The molecule has 0 saturated carbocycles. The number of hydrogen-bond acceptors (Lipinski definition) is 2. The molecule has 0 amide bonds. The maximum absolute atomic E-state index is 5.20. The average molecular weight is 130 g/mol. The van der Waals surface area contributed by atoms with E-state index in [2.05, 4.69) is 19.3 Å². The molecular formula is C6H10OS. The summed E-state index contributed by atoms with van der Waals surface area (Å²) in [5.74, 6) is 0.588. The van der Waals surface area contributed by atoms with Gasteiger partial charge in [-0.15, -0.1) is 11.8 Å². The fourth-order valence-corrected chi connectivity index (χ4v) is 1.43. The molecule has 2 atom stereocenters. The zero-order valence-corrected chi connectivity index (χ0v) is 5.94. The van der Waals surface area contributed by atoms with Gasteiger partial charge in [0, 0.05) is 5.92 Å². The molecule has 2 unspecified atom stereocenters. The lowest BCUT2D eigenvalue weighted by molar-refractivity contribution is 0.223. The first-order valence-corrected chi connectivity index (χ1v) is 3.98. The van der Waals surface area contributed by atoms with Gasteiger partial charge in [-0.2, -0.15) is 0 Å². The van der Waals surface area contributed by atoms with Crippen molar-refractivity contribution in [1.82, 2.24) is 0 Å². The maximum atomic E-state index is 5.20. The van der Waals surface area contributed by atoms with Gasteiger partial charge in [-0.25, -0.2) is 0 Å². The molecule has 0 aromatic heterocycles. The zero-order valence-electron chi connectivity index (χ0n) is 5.13. The van der Waals surface area contributed by atoms with Crippen LogP contribution in [-0.2, 0) is 4.74 Å². The van der Waals surface area contributed by atoms with Crippen LogP contribution < -0.4 is 0 Å². The van der Waals surface area contributed by atoms with E-state index in [1.165, 1.54) is 0 Å². The first kappa shape index (κ1) is 6.02. The van der Waals surface area contributed by atoms with E-state index in [4.69, 9.17) is 4.74 Å². The monoisotopic (exact) mass is 130 g/mol. The first-order valence-electron chi connectivity index (χ1n) is 2.69. The summed E-state index contributed by atoms with van der Waals surface area (Å²) in [4.78, 5) is 0. The van der Waals surface area contributed by atoms with Gasteiger partial charge in [-0.3, -0.25) is 0 Å². The van der Waals surface area contributed by atoms with Gasteiger partial charge >= 0.3 is 0 Å². The van der Waals surface area contributed by atoms with Crippen molar-refractivity contribution in [2.75, 3.05) is 6.26 Å². The van der Waals surface area contributed by atoms with Gasteiger partial charge in [0.05, 0.1) is 6.26 Å². The molecule has 0 aromatic rings. The molecular weight excluding hydrogens is 120 g/mol. The molecule has 0 spiro atoms. The largest absolute Gasteiger partial charge is 0.487 e. The summed E-state index contributed by atoms with van der Waals surface area (Å²) in [5, 5.41) is 0. The zero-order chi connectivity index (χ0) is 5.98. The summed E-state index contributed by atoms with van der Waals surface area (Å²) in [6, 6.07) is 0. The van der Waals surface area contributed by atoms with E-state index in [0.717, 1.165) is 0 Å². The highest BCUT2D eigenvalue weighted by Crippen LogP contribution is 2.24. The normalized spacial score (nSPS) is 35.2. The SMILES string of the molecule is CSC1OC=CC1C. The number of hydrogen-bond donors (Lipinski definition) is 0. The molecule has 0 bridgehead atoms. The fourth-order valence-electron chi connectivity index (χ4n) is 0.732. The summed E-state index contributed by atoms with van der Waals surface area (Å²) in [6.07, 6.45) is 5.93. The second-order valence-electron chi connectivity index (χ2n) is 1.93. The lowest BCUT2D eigenvalue weighted by Crippen LogP contribution is -2.06. The number of rotatable bonds is 1. The van der Waals surface area contributed by atoms with Crippen molar-refractivity contribution in [2.45, 2.75) is 12.4 Å². The van der Waals surface area contributed by atoms with Crippen molar-refractivity contribution in [2.24, 2.45) is 5.92 Å². The Morgan fingerprint density at radius 2 is 2.38 bits per heavy atom. The Morgan fingerprint density at radius 1 is 1.62 bits per heavy atom. The molecule has 0 fully saturated rings. The van der Waals surface area contributed by atoms with Crippen molar-refractivity contribution in [3.8, 4) is 0 Å². The second kappa shape index (κ2) is 2.44. The van der Waals surface area contributed by atoms with Crippen LogP contribution in [0.1, 0.15) is 6.92 Å². The number of thioether (sulfide) groups is 1. The topological polar surface area (TPSA) is 9.23 Å². The molecule has 8 heavy (non-hydrogen) atoms. The van der Waals surface area contributed by atoms with E-state index >= 15 is 0 Å². The summed E-state index contributed by atoms with van der Waals surface area (Å²) in [5.41, 5.74) is 0.370. The Labute approximate surface area is 54.1 Å². The second-order valence-corrected chi connectivity index (χ2v) is 2.86. The van der Waals surface area contributed by atoms with Gasteiger partial charge in [0.2, 0.25) is 0 Å². The van der Waals surface area contributed by atoms with E-state index in [0.29, 0.717) is 11.4 Å². The highest BCUT2D eigenvalue weighted by Gasteiger charge is 2.17. The van der Waals surface area contributed by atoms with Crippen molar-refractivity contribution >= 4 is 11.8 Å². The van der Waals surface area contributed by atoms with Crippen LogP contribution in [0.15, 0.2) is 12.3 Å². The molecule has 0 N–H and O–H groups in total. The van der Waals surface area contributed by atoms with Crippen LogP contribution in [0.5, 0.6) is 0 Å². The third-order valence-electron chi connectivity index (χ3n) is 1.26. The van der Waals surface area contributed by atoms with Crippen molar-refractivity contribution in [1.29, 1.82) is 0 Å². The van der Waals surface area contributed by atoms with E-state index in [9.17, 15) is 0 Å². The molecule has 0 aliphatic carbocycles. The van der Waals surface area contributed by atoms with Crippen LogP contribution in [0.25, 0.3) is 0 Å². The predicted octanol–water partition coefficient (Wildman–Crippen LogP) is 1.86. The van der Waals surface area contributed by atoms with Gasteiger partial charge in [0.1, 0.15) is 5.44 Å². The minimum atomic E-state index is 0.370. The molecule has 46 valence electrons. The molecule has 0 radical (unpaired) electrons. The summed E-state index contributed by atoms with van der Waals surface area (Å²) in [7, 11) is 0. The summed E-state index contributed by atoms with van der Waals surface area (Å²) < 4.78 is 5.20. The van der Waals surface area contributed by atoms with Crippen molar-refractivity contribution in [3.05, 3.63) is 12.3 Å². The summed E-state index contributed by atoms with van der Waals surface area (Å²) in [6.45, 7) is 2.16. The third-order valence-corrected chi connectivity index (χ3v) is 2.26. The van der Waals surface area contributed by atoms with Crippen LogP contribution in [0.2, 0.25) is 0 Å².